The fourth-order valence-corrected chi connectivity index (χ4v) is 1.94. The Kier molecular flexibility index (Phi) is 1.86. The summed E-state index contributed by atoms with van der Waals surface area (Å²) in [7, 11) is 0. The van der Waals surface area contributed by atoms with Crippen LogP contribution >= 0.6 is 0 Å². The predicted molar refractivity (Wildman–Crippen MR) is 56.9 cm³/mol. The maximum Gasteiger partial charge on any atom is 0.123 e. The molecule has 1 aromatic heterocycles. The summed E-state index contributed by atoms with van der Waals surface area (Å²) in [5, 5.41) is 10.6. The molecule has 3 nitrogen and oxygen atoms in total. The van der Waals surface area contributed by atoms with Crippen molar-refractivity contribution in [1.82, 2.24) is 4.98 Å². The largest absolute Gasteiger partial charge is 0.491 e. The van der Waals surface area contributed by atoms with E-state index in [1.165, 1.54) is 0 Å². The molecule has 2 heterocycles. The number of nitrogens with zero attached hydrogens (tertiary/aromatic N) is 1. The maximum absolute atomic E-state index is 9.48. The van der Waals surface area contributed by atoms with E-state index in [1.807, 2.05) is 24.3 Å². The van der Waals surface area contributed by atoms with Gasteiger partial charge in [-0.25, -0.2) is 0 Å². The average molecular weight is 201 g/mol. The van der Waals surface area contributed by atoms with E-state index in [0.29, 0.717) is 13.0 Å². The number of benzene rings is 1. The summed E-state index contributed by atoms with van der Waals surface area (Å²) in [6.07, 6.45) is 2.04. The standard InChI is InChI=1S/C12H11NO2/c14-10-4-9-5-11-8(2-1-3-13-11)6-12(9)15-7-10/h1-3,5-6,10,14H,4,7H2. The van der Waals surface area contributed by atoms with Crippen molar-refractivity contribution in [2.24, 2.45) is 0 Å². The molecule has 0 saturated carbocycles. The van der Waals surface area contributed by atoms with Crippen molar-refractivity contribution in [1.29, 1.82) is 0 Å². The molecule has 1 aliphatic heterocycles. The molecule has 15 heavy (non-hydrogen) atoms. The summed E-state index contributed by atoms with van der Waals surface area (Å²) < 4.78 is 5.47. The summed E-state index contributed by atoms with van der Waals surface area (Å²) in [5.41, 5.74) is 1.99. The van der Waals surface area contributed by atoms with E-state index in [2.05, 4.69) is 4.98 Å². The third-order valence-corrected chi connectivity index (χ3v) is 2.67. The van der Waals surface area contributed by atoms with Gasteiger partial charge in [0.05, 0.1) is 11.6 Å². The molecule has 3 rings (SSSR count). The number of pyridine rings is 1. The molecule has 0 saturated heterocycles. The number of aromatic nitrogens is 1. The number of ether oxygens (including phenoxy) is 1. The highest BCUT2D eigenvalue weighted by Gasteiger charge is 2.18. The van der Waals surface area contributed by atoms with Gasteiger partial charge in [-0.1, -0.05) is 6.07 Å². The highest BCUT2D eigenvalue weighted by molar-refractivity contribution is 5.81. The third kappa shape index (κ3) is 1.45. The highest BCUT2D eigenvalue weighted by Crippen LogP contribution is 2.28. The minimum Gasteiger partial charge on any atom is -0.491 e. The zero-order valence-corrected chi connectivity index (χ0v) is 8.18. The second-order valence-electron chi connectivity index (χ2n) is 3.82. The number of aliphatic hydroxyl groups excluding tert-OH is 1. The second kappa shape index (κ2) is 3.21. The lowest BCUT2D eigenvalue weighted by Crippen LogP contribution is -2.25. The Morgan fingerprint density at radius 2 is 2.33 bits per heavy atom. The average Bonchev–Trinajstić information content (AvgIpc) is 2.26. The van der Waals surface area contributed by atoms with E-state index in [1.54, 1.807) is 6.20 Å². The number of hydrogen-bond donors (Lipinski definition) is 1. The van der Waals surface area contributed by atoms with Gasteiger partial charge in [0.1, 0.15) is 12.4 Å². The number of aliphatic hydroxyl groups is 1. The normalized spacial score (nSPS) is 19.7. The smallest absolute Gasteiger partial charge is 0.123 e. The fraction of sp³-hybridized carbons (Fsp3) is 0.250. The van der Waals surface area contributed by atoms with Gasteiger partial charge in [0, 0.05) is 18.0 Å². The molecule has 0 aliphatic carbocycles. The van der Waals surface area contributed by atoms with Gasteiger partial charge in [0.2, 0.25) is 0 Å². The van der Waals surface area contributed by atoms with E-state index in [0.717, 1.165) is 22.2 Å². The van der Waals surface area contributed by atoms with Gasteiger partial charge in [-0.15, -0.1) is 0 Å². The first-order valence-corrected chi connectivity index (χ1v) is 5.01. The van der Waals surface area contributed by atoms with Crippen LogP contribution in [0.5, 0.6) is 5.75 Å². The first kappa shape index (κ1) is 8.68. The lowest BCUT2D eigenvalue weighted by atomic mass is 10.0. The van der Waals surface area contributed by atoms with Gasteiger partial charge in [-0.05, 0) is 23.8 Å². The van der Waals surface area contributed by atoms with Crippen LogP contribution in [0.2, 0.25) is 0 Å². The minimum absolute atomic E-state index is 0.388. The quantitative estimate of drug-likeness (QED) is 0.702. The van der Waals surface area contributed by atoms with Crippen LogP contribution in [0.4, 0.5) is 0 Å². The zero-order valence-electron chi connectivity index (χ0n) is 8.18. The molecule has 1 unspecified atom stereocenters. The van der Waals surface area contributed by atoms with E-state index in [4.69, 9.17) is 4.74 Å². The Balaban J connectivity index is 2.20. The summed E-state index contributed by atoms with van der Waals surface area (Å²) in [6, 6.07) is 7.90. The summed E-state index contributed by atoms with van der Waals surface area (Å²) in [4.78, 5) is 4.28. The third-order valence-electron chi connectivity index (χ3n) is 2.67. The SMILES string of the molecule is OC1COc2cc3cccnc3cc2C1. The number of fused-ring (bicyclic) bond motifs is 2. The monoisotopic (exact) mass is 201 g/mol. The summed E-state index contributed by atoms with van der Waals surface area (Å²) in [6.45, 7) is 0.388. The number of hydrogen-bond acceptors (Lipinski definition) is 3. The van der Waals surface area contributed by atoms with E-state index in [-0.39, 0.29) is 0 Å². The summed E-state index contributed by atoms with van der Waals surface area (Å²) >= 11 is 0. The second-order valence-corrected chi connectivity index (χ2v) is 3.82. The summed E-state index contributed by atoms with van der Waals surface area (Å²) in [5.74, 6) is 0.876. The van der Waals surface area contributed by atoms with Crippen LogP contribution in [0.1, 0.15) is 5.56 Å². The zero-order chi connectivity index (χ0) is 10.3. The van der Waals surface area contributed by atoms with Gasteiger partial charge >= 0.3 is 0 Å². The van der Waals surface area contributed by atoms with Crippen molar-refractivity contribution in [3.8, 4) is 5.75 Å². The van der Waals surface area contributed by atoms with E-state index < -0.39 is 6.10 Å². The molecule has 2 aromatic rings. The van der Waals surface area contributed by atoms with Crippen molar-refractivity contribution < 1.29 is 9.84 Å². The van der Waals surface area contributed by atoms with Crippen molar-refractivity contribution >= 4 is 10.9 Å². The maximum atomic E-state index is 9.48. The molecule has 0 fully saturated rings. The van der Waals surface area contributed by atoms with Crippen LogP contribution in [-0.4, -0.2) is 22.8 Å². The molecule has 0 bridgehead atoms. The first-order valence-electron chi connectivity index (χ1n) is 5.01. The van der Waals surface area contributed by atoms with Crippen LogP contribution in [0.3, 0.4) is 0 Å². The molecular formula is C12H11NO2. The Bertz CT molecular complexity index is 510. The van der Waals surface area contributed by atoms with Crippen LogP contribution in [0, 0.1) is 0 Å². The molecule has 1 aromatic carbocycles. The van der Waals surface area contributed by atoms with Crippen molar-refractivity contribution in [2.75, 3.05) is 6.61 Å². The van der Waals surface area contributed by atoms with Crippen molar-refractivity contribution in [2.45, 2.75) is 12.5 Å². The predicted octanol–water partition coefficient (Wildman–Crippen LogP) is 1.53. The molecule has 1 N–H and O–H groups in total. The van der Waals surface area contributed by atoms with E-state index >= 15 is 0 Å². The van der Waals surface area contributed by atoms with Crippen LogP contribution < -0.4 is 4.74 Å². The molecule has 0 amide bonds. The van der Waals surface area contributed by atoms with Gasteiger partial charge in [0.15, 0.2) is 0 Å². The van der Waals surface area contributed by atoms with Crippen LogP contribution in [0.15, 0.2) is 30.5 Å². The lowest BCUT2D eigenvalue weighted by molar-refractivity contribution is 0.0923. The molecule has 76 valence electrons. The highest BCUT2D eigenvalue weighted by atomic mass is 16.5. The Morgan fingerprint density at radius 1 is 1.40 bits per heavy atom. The number of rotatable bonds is 0. The van der Waals surface area contributed by atoms with Gasteiger partial charge in [-0.3, -0.25) is 4.98 Å². The van der Waals surface area contributed by atoms with Crippen LogP contribution in [-0.2, 0) is 6.42 Å². The van der Waals surface area contributed by atoms with Crippen molar-refractivity contribution in [3.05, 3.63) is 36.0 Å². The minimum atomic E-state index is -0.390. The molecule has 0 spiro atoms. The molecule has 3 heteroatoms. The van der Waals surface area contributed by atoms with Gasteiger partial charge in [0.25, 0.3) is 0 Å². The van der Waals surface area contributed by atoms with Crippen LogP contribution in [0.25, 0.3) is 10.9 Å². The van der Waals surface area contributed by atoms with Crippen molar-refractivity contribution in [3.63, 3.8) is 0 Å². The van der Waals surface area contributed by atoms with E-state index in [9.17, 15) is 5.11 Å². The molecular weight excluding hydrogens is 190 g/mol. The lowest BCUT2D eigenvalue weighted by Gasteiger charge is -2.21. The molecule has 0 radical (unpaired) electrons. The Labute approximate surface area is 87.3 Å². The van der Waals surface area contributed by atoms with Gasteiger partial charge < -0.3 is 9.84 Å². The van der Waals surface area contributed by atoms with Gasteiger partial charge in [-0.2, -0.15) is 0 Å². The molecule has 1 atom stereocenters. The topological polar surface area (TPSA) is 42.4 Å². The fourth-order valence-electron chi connectivity index (χ4n) is 1.94. The first-order chi connectivity index (χ1) is 7.33. The Hall–Kier alpha value is -1.61. The Morgan fingerprint density at radius 3 is 3.27 bits per heavy atom. The molecule has 1 aliphatic rings.